The van der Waals surface area contributed by atoms with Gasteiger partial charge in [-0.2, -0.15) is 23.4 Å². The second kappa shape index (κ2) is 12.6. The lowest BCUT2D eigenvalue weighted by Crippen LogP contribution is -2.21. The third-order valence-corrected chi connectivity index (χ3v) is 6.77. The van der Waals surface area contributed by atoms with Crippen LogP contribution in [0.25, 0.3) is 21.9 Å². The van der Waals surface area contributed by atoms with Gasteiger partial charge in [-0.15, -0.1) is 0 Å². The number of aromatic nitrogens is 7. The molecule has 15 heteroatoms. The number of pyridine rings is 1. The number of nitrogens with one attached hydrogen (secondary N) is 1. The summed E-state index contributed by atoms with van der Waals surface area (Å²) in [5.74, 6) is -2.06. The maximum absolute atomic E-state index is 12.0. The molecule has 0 amide bonds. The Labute approximate surface area is 252 Å². The summed E-state index contributed by atoms with van der Waals surface area (Å²) in [5.41, 5.74) is 4.66. The molecule has 2 N–H and O–H groups in total. The summed E-state index contributed by atoms with van der Waals surface area (Å²) < 4.78 is 37.1. The third-order valence-electron chi connectivity index (χ3n) is 6.54. The normalized spacial score (nSPS) is 11.4. The smallest absolute Gasteiger partial charge is 0.475 e. The van der Waals surface area contributed by atoms with Crippen molar-refractivity contribution >= 4 is 45.3 Å². The van der Waals surface area contributed by atoms with Crippen LogP contribution < -0.4 is 10.9 Å². The predicted molar refractivity (Wildman–Crippen MR) is 157 cm³/mol. The molecule has 226 valence electrons. The van der Waals surface area contributed by atoms with E-state index < -0.39 is 12.1 Å². The molecular weight excluding hydrogens is 601 g/mol. The number of halogens is 4. The molecule has 0 aliphatic rings. The number of carbonyl (C=O) groups is 1. The fourth-order valence-corrected chi connectivity index (χ4v) is 4.61. The van der Waals surface area contributed by atoms with Crippen molar-refractivity contribution in [2.75, 3.05) is 5.32 Å². The number of fused-ring (bicyclic) bond motifs is 2. The lowest BCUT2D eigenvalue weighted by molar-refractivity contribution is -0.192. The predicted octanol–water partition coefficient (Wildman–Crippen LogP) is 4.87. The molecule has 0 aliphatic carbocycles. The molecular formula is C29H24ClF3N8O3. The summed E-state index contributed by atoms with van der Waals surface area (Å²) in [4.78, 5) is 29.6. The third kappa shape index (κ3) is 7.03. The molecule has 4 heterocycles. The van der Waals surface area contributed by atoms with Crippen molar-refractivity contribution in [3.63, 3.8) is 0 Å². The molecule has 0 saturated heterocycles. The van der Waals surface area contributed by atoms with Gasteiger partial charge in [-0.1, -0.05) is 41.9 Å². The second-order valence-corrected chi connectivity index (χ2v) is 10.1. The molecule has 0 aliphatic heterocycles. The number of rotatable bonds is 7. The topological polar surface area (TPSA) is 133 Å². The number of carboxylic acids is 1. The first-order valence-electron chi connectivity index (χ1n) is 13.0. The van der Waals surface area contributed by atoms with E-state index in [0.717, 1.165) is 33.1 Å². The average Bonchev–Trinajstić information content (AvgIpc) is 3.53. The maximum atomic E-state index is 12.0. The van der Waals surface area contributed by atoms with Crippen LogP contribution in [0.5, 0.6) is 0 Å². The number of carboxylic acid groups (broad SMARTS) is 1. The monoisotopic (exact) mass is 624 g/mol. The van der Waals surface area contributed by atoms with E-state index in [1.54, 1.807) is 22.9 Å². The van der Waals surface area contributed by atoms with Gasteiger partial charge in [0.05, 0.1) is 36.2 Å². The largest absolute Gasteiger partial charge is 0.490 e. The Bertz CT molecular complexity index is 2000. The van der Waals surface area contributed by atoms with Crippen molar-refractivity contribution in [3.05, 3.63) is 112 Å². The molecule has 6 rings (SSSR count). The van der Waals surface area contributed by atoms with Gasteiger partial charge in [-0.05, 0) is 35.4 Å². The molecule has 6 aromatic rings. The summed E-state index contributed by atoms with van der Waals surface area (Å²) in [6.45, 7) is 1.61. The minimum Gasteiger partial charge on any atom is -0.475 e. The van der Waals surface area contributed by atoms with Gasteiger partial charge in [0.1, 0.15) is 12.1 Å². The zero-order chi connectivity index (χ0) is 31.4. The van der Waals surface area contributed by atoms with E-state index in [2.05, 4.69) is 37.6 Å². The number of aryl methyl sites for hydroxylation is 1. The van der Waals surface area contributed by atoms with E-state index in [9.17, 15) is 18.0 Å². The standard InChI is InChI=1S/C27H23ClN8O.C2HF3O2/c1-34-24-10-9-20(28)12-21(24)23(32-34)13-29-26-22-16-36(33-27(22)31-17-30-26)15-19-7-5-18(6-8-19)14-35-11-3-2-4-25(35)37;3-2(4,5)1(6)7/h2-12,16-17H,13-15H2,1H3,(H,29,30,31,33);(H,6,7). The van der Waals surface area contributed by atoms with E-state index in [1.165, 1.54) is 6.33 Å². The van der Waals surface area contributed by atoms with Crippen molar-refractivity contribution in [1.82, 2.24) is 34.1 Å². The van der Waals surface area contributed by atoms with Crippen LogP contribution in [0.15, 0.2) is 84.2 Å². The SMILES string of the molecule is Cn1nc(CNc2ncnc3nn(Cc4ccc(Cn5ccccc5=O)cc4)cc23)c2cc(Cl)ccc21.O=C(O)C(F)(F)F. The molecule has 0 radical (unpaired) electrons. The van der Waals surface area contributed by atoms with E-state index in [4.69, 9.17) is 21.5 Å². The summed E-state index contributed by atoms with van der Waals surface area (Å²) in [6.07, 6.45) is 0.169. The molecule has 0 spiro atoms. The van der Waals surface area contributed by atoms with Crippen molar-refractivity contribution < 1.29 is 23.1 Å². The number of hydrogen-bond acceptors (Lipinski definition) is 7. The molecule has 0 bridgehead atoms. The molecule has 0 unspecified atom stereocenters. The van der Waals surface area contributed by atoms with Crippen molar-refractivity contribution in [2.24, 2.45) is 7.05 Å². The first-order chi connectivity index (χ1) is 21.0. The molecule has 4 aromatic heterocycles. The summed E-state index contributed by atoms with van der Waals surface area (Å²) in [5, 5.41) is 22.3. The van der Waals surface area contributed by atoms with Gasteiger partial charge in [0.25, 0.3) is 5.56 Å². The van der Waals surface area contributed by atoms with Gasteiger partial charge in [0, 0.05) is 35.9 Å². The van der Waals surface area contributed by atoms with Gasteiger partial charge in [0.15, 0.2) is 5.65 Å². The Morgan fingerprint density at radius 2 is 1.68 bits per heavy atom. The number of alkyl halides is 3. The quantitative estimate of drug-likeness (QED) is 0.257. The molecule has 0 atom stereocenters. The van der Waals surface area contributed by atoms with Gasteiger partial charge >= 0.3 is 12.1 Å². The van der Waals surface area contributed by atoms with E-state index >= 15 is 0 Å². The molecule has 44 heavy (non-hydrogen) atoms. The number of aliphatic carboxylic acids is 1. The minimum atomic E-state index is -5.08. The fourth-order valence-electron chi connectivity index (χ4n) is 4.44. The Kier molecular flexibility index (Phi) is 8.62. The summed E-state index contributed by atoms with van der Waals surface area (Å²) in [6, 6.07) is 19.1. The second-order valence-electron chi connectivity index (χ2n) is 9.66. The van der Waals surface area contributed by atoms with Crippen molar-refractivity contribution in [1.29, 1.82) is 0 Å². The van der Waals surface area contributed by atoms with Crippen LogP contribution in [0.2, 0.25) is 5.02 Å². The first-order valence-corrected chi connectivity index (χ1v) is 13.4. The number of benzene rings is 2. The van der Waals surface area contributed by atoms with Crippen LogP contribution in [0.4, 0.5) is 19.0 Å². The minimum absolute atomic E-state index is 0.0136. The van der Waals surface area contributed by atoms with Crippen molar-refractivity contribution in [2.45, 2.75) is 25.8 Å². The maximum Gasteiger partial charge on any atom is 0.490 e. The van der Waals surface area contributed by atoms with Crippen LogP contribution in [0.1, 0.15) is 16.8 Å². The Hall–Kier alpha value is -5.24. The summed E-state index contributed by atoms with van der Waals surface area (Å²) in [7, 11) is 1.92. The average molecular weight is 625 g/mol. The van der Waals surface area contributed by atoms with Crippen LogP contribution in [-0.2, 0) is 31.5 Å². The highest BCUT2D eigenvalue weighted by Gasteiger charge is 2.38. The van der Waals surface area contributed by atoms with Gasteiger partial charge in [0.2, 0.25) is 0 Å². The fraction of sp³-hybridized carbons (Fsp3) is 0.172. The lowest BCUT2D eigenvalue weighted by Gasteiger charge is -2.07. The molecule has 0 fully saturated rings. The highest BCUT2D eigenvalue weighted by molar-refractivity contribution is 6.31. The van der Waals surface area contributed by atoms with Gasteiger partial charge in [-0.25, -0.2) is 14.8 Å². The zero-order valence-electron chi connectivity index (χ0n) is 23.0. The van der Waals surface area contributed by atoms with Crippen LogP contribution in [0, 0.1) is 0 Å². The molecule has 11 nitrogen and oxygen atoms in total. The van der Waals surface area contributed by atoms with Crippen molar-refractivity contribution in [3.8, 4) is 0 Å². The Morgan fingerprint density at radius 1 is 0.977 bits per heavy atom. The highest BCUT2D eigenvalue weighted by atomic mass is 35.5. The first kappa shape index (κ1) is 30.2. The van der Waals surface area contributed by atoms with Crippen LogP contribution in [0.3, 0.4) is 0 Å². The van der Waals surface area contributed by atoms with Crippen LogP contribution in [-0.4, -0.2) is 51.3 Å². The van der Waals surface area contributed by atoms with Gasteiger partial charge < -0.3 is 15.0 Å². The highest BCUT2D eigenvalue weighted by Crippen LogP contribution is 2.24. The van der Waals surface area contributed by atoms with Gasteiger partial charge in [-0.3, -0.25) is 14.2 Å². The number of nitrogens with zero attached hydrogens (tertiary/aromatic N) is 7. The lowest BCUT2D eigenvalue weighted by atomic mass is 10.1. The Balaban J connectivity index is 0.000000493. The zero-order valence-corrected chi connectivity index (χ0v) is 23.8. The van der Waals surface area contributed by atoms with E-state index in [0.29, 0.717) is 36.1 Å². The number of hydrogen-bond donors (Lipinski definition) is 2. The van der Waals surface area contributed by atoms with E-state index in [1.807, 2.05) is 59.0 Å². The van der Waals surface area contributed by atoms with Crippen LogP contribution >= 0.6 is 11.6 Å². The number of anilines is 1. The molecule has 0 saturated carbocycles. The van der Waals surface area contributed by atoms with E-state index in [-0.39, 0.29) is 5.56 Å². The summed E-state index contributed by atoms with van der Waals surface area (Å²) >= 11 is 6.21. The Morgan fingerprint density at radius 3 is 2.36 bits per heavy atom. The molecule has 2 aromatic carbocycles.